The van der Waals surface area contributed by atoms with Gasteiger partial charge in [0.1, 0.15) is 5.75 Å². The Morgan fingerprint density at radius 3 is 2.76 bits per heavy atom. The lowest BCUT2D eigenvalue weighted by Crippen LogP contribution is -2.20. The summed E-state index contributed by atoms with van der Waals surface area (Å²) < 4.78 is 5.79. The highest BCUT2D eigenvalue weighted by molar-refractivity contribution is 5.97. The molecule has 0 spiro atoms. The van der Waals surface area contributed by atoms with Crippen LogP contribution in [0.4, 0.5) is 5.69 Å². The predicted molar refractivity (Wildman–Crippen MR) is 98.8 cm³/mol. The molecule has 4 nitrogen and oxygen atoms in total. The molecule has 2 aromatic carbocycles. The van der Waals surface area contributed by atoms with Gasteiger partial charge in [-0.25, -0.2) is 0 Å². The fraction of sp³-hybridized carbons (Fsp3) is 0.381. The maximum Gasteiger partial charge on any atom is 0.232 e. The molecule has 3 rings (SSSR count). The van der Waals surface area contributed by atoms with Gasteiger partial charge < -0.3 is 15.2 Å². The van der Waals surface area contributed by atoms with Crippen molar-refractivity contribution in [1.29, 1.82) is 0 Å². The third kappa shape index (κ3) is 4.20. The first-order chi connectivity index (χ1) is 11.8. The molecule has 1 amide bonds. The molecule has 2 aromatic rings. The van der Waals surface area contributed by atoms with Gasteiger partial charge in [-0.2, -0.15) is 0 Å². The molecule has 0 heterocycles. The van der Waals surface area contributed by atoms with Crippen LogP contribution in [0.1, 0.15) is 49.8 Å². The van der Waals surface area contributed by atoms with Crippen LogP contribution in [-0.4, -0.2) is 16.6 Å². The van der Waals surface area contributed by atoms with Gasteiger partial charge in [0, 0.05) is 11.3 Å². The summed E-state index contributed by atoms with van der Waals surface area (Å²) in [4.78, 5) is 12.7. The molecular formula is C21H25NO3. The predicted octanol–water partition coefficient (Wildman–Crippen LogP) is 4.38. The number of ether oxygens (including phenoxy) is 1. The van der Waals surface area contributed by atoms with E-state index in [0.717, 1.165) is 35.2 Å². The van der Waals surface area contributed by atoms with E-state index in [4.69, 9.17) is 4.74 Å². The maximum atomic E-state index is 12.7. The van der Waals surface area contributed by atoms with E-state index in [1.165, 1.54) is 0 Å². The molecule has 4 heteroatoms. The molecule has 1 aliphatic rings. The zero-order valence-corrected chi connectivity index (χ0v) is 15.0. The Bertz CT molecular complexity index is 777. The molecule has 0 radical (unpaired) electrons. The highest BCUT2D eigenvalue weighted by atomic mass is 16.5. The summed E-state index contributed by atoms with van der Waals surface area (Å²) in [6.07, 6.45) is 1.55. The van der Waals surface area contributed by atoms with E-state index in [-0.39, 0.29) is 23.2 Å². The van der Waals surface area contributed by atoms with E-state index in [9.17, 15) is 9.90 Å². The highest BCUT2D eigenvalue weighted by Gasteiger charge is 2.31. The Hall–Kier alpha value is -2.33. The molecule has 1 unspecified atom stereocenters. The first-order valence-electron chi connectivity index (χ1n) is 8.68. The number of nitrogens with one attached hydrogen (secondary N) is 1. The molecule has 132 valence electrons. The zero-order valence-electron chi connectivity index (χ0n) is 15.0. The summed E-state index contributed by atoms with van der Waals surface area (Å²) in [5.74, 6) is -0.165. The van der Waals surface area contributed by atoms with Gasteiger partial charge in [-0.15, -0.1) is 0 Å². The van der Waals surface area contributed by atoms with Crippen LogP contribution in [-0.2, 0) is 22.6 Å². The Morgan fingerprint density at radius 2 is 2.00 bits per heavy atom. The SMILES string of the molecule is CC(C)(C)OCc1cccc(NC(=O)C2CCc3cccc(O)c32)c1. The van der Waals surface area contributed by atoms with Crippen molar-refractivity contribution in [2.24, 2.45) is 0 Å². The Balaban J connectivity index is 1.71. The number of hydrogen-bond acceptors (Lipinski definition) is 3. The van der Waals surface area contributed by atoms with Crippen LogP contribution in [0.15, 0.2) is 42.5 Å². The van der Waals surface area contributed by atoms with Crippen LogP contribution in [0, 0.1) is 0 Å². The average molecular weight is 339 g/mol. The van der Waals surface area contributed by atoms with Crippen molar-refractivity contribution in [3.05, 3.63) is 59.2 Å². The molecule has 1 aliphatic carbocycles. The number of hydrogen-bond donors (Lipinski definition) is 2. The number of anilines is 1. The van der Waals surface area contributed by atoms with Crippen LogP contribution in [0.25, 0.3) is 0 Å². The number of carbonyl (C=O) groups excluding carboxylic acids is 1. The van der Waals surface area contributed by atoms with Gasteiger partial charge in [0.15, 0.2) is 0 Å². The molecular weight excluding hydrogens is 314 g/mol. The first-order valence-corrected chi connectivity index (χ1v) is 8.68. The van der Waals surface area contributed by atoms with Gasteiger partial charge in [-0.3, -0.25) is 4.79 Å². The van der Waals surface area contributed by atoms with Crippen molar-refractivity contribution in [3.63, 3.8) is 0 Å². The fourth-order valence-corrected chi connectivity index (χ4v) is 3.19. The number of fused-ring (bicyclic) bond motifs is 1. The summed E-state index contributed by atoms with van der Waals surface area (Å²) in [6.45, 7) is 6.55. The molecule has 0 saturated heterocycles. The lowest BCUT2D eigenvalue weighted by atomic mass is 9.99. The molecule has 0 bridgehead atoms. The number of benzene rings is 2. The van der Waals surface area contributed by atoms with E-state index in [1.54, 1.807) is 6.07 Å². The van der Waals surface area contributed by atoms with Gasteiger partial charge in [0.25, 0.3) is 0 Å². The van der Waals surface area contributed by atoms with Crippen LogP contribution >= 0.6 is 0 Å². The van der Waals surface area contributed by atoms with Crippen molar-refractivity contribution in [1.82, 2.24) is 0 Å². The lowest BCUT2D eigenvalue weighted by molar-refractivity contribution is -0.117. The van der Waals surface area contributed by atoms with E-state index in [0.29, 0.717) is 6.61 Å². The number of aromatic hydroxyl groups is 1. The van der Waals surface area contributed by atoms with E-state index in [2.05, 4.69) is 5.32 Å². The standard InChI is InChI=1S/C21H25NO3/c1-21(2,3)25-13-14-6-4-8-16(12-14)22-20(24)17-11-10-15-7-5-9-18(23)19(15)17/h4-9,12,17,23H,10-11,13H2,1-3H3,(H,22,24). The number of phenolic OH excluding ortho intramolecular Hbond substituents is 1. The minimum absolute atomic E-state index is 0.0749. The van der Waals surface area contributed by atoms with Crippen LogP contribution < -0.4 is 5.32 Å². The average Bonchev–Trinajstić information content (AvgIpc) is 2.98. The zero-order chi connectivity index (χ0) is 18.0. The summed E-state index contributed by atoms with van der Waals surface area (Å²) in [5, 5.41) is 13.1. The quantitative estimate of drug-likeness (QED) is 0.869. The largest absolute Gasteiger partial charge is 0.508 e. The Labute approximate surface area is 148 Å². The second-order valence-corrected chi connectivity index (χ2v) is 7.53. The minimum Gasteiger partial charge on any atom is -0.508 e. The van der Waals surface area contributed by atoms with Crippen LogP contribution in [0.2, 0.25) is 0 Å². The van der Waals surface area contributed by atoms with Crippen molar-refractivity contribution in [2.45, 2.75) is 51.7 Å². The number of aryl methyl sites for hydroxylation is 1. The fourth-order valence-electron chi connectivity index (χ4n) is 3.19. The normalized spacial score (nSPS) is 16.5. The van der Waals surface area contributed by atoms with Crippen LogP contribution in [0.3, 0.4) is 0 Å². The molecule has 0 aromatic heterocycles. The van der Waals surface area contributed by atoms with Crippen LogP contribution in [0.5, 0.6) is 5.75 Å². The third-order valence-corrected chi connectivity index (χ3v) is 4.41. The van der Waals surface area contributed by atoms with Gasteiger partial charge >= 0.3 is 0 Å². The number of phenols is 1. The molecule has 1 atom stereocenters. The minimum atomic E-state index is -0.300. The first kappa shape index (κ1) is 17.5. The van der Waals surface area contributed by atoms with Crippen molar-refractivity contribution < 1.29 is 14.6 Å². The Morgan fingerprint density at radius 1 is 1.24 bits per heavy atom. The maximum absolute atomic E-state index is 12.7. The van der Waals surface area contributed by atoms with Gasteiger partial charge in [0.2, 0.25) is 5.91 Å². The van der Waals surface area contributed by atoms with E-state index < -0.39 is 0 Å². The summed E-state index contributed by atoms with van der Waals surface area (Å²) in [7, 11) is 0. The van der Waals surface area contributed by atoms with Gasteiger partial charge in [-0.05, 0) is 62.9 Å². The second-order valence-electron chi connectivity index (χ2n) is 7.53. The van der Waals surface area contributed by atoms with Gasteiger partial charge in [-0.1, -0.05) is 24.3 Å². The summed E-state index contributed by atoms with van der Waals surface area (Å²) in [6, 6.07) is 13.2. The van der Waals surface area contributed by atoms with Crippen molar-refractivity contribution in [2.75, 3.05) is 5.32 Å². The van der Waals surface area contributed by atoms with E-state index >= 15 is 0 Å². The third-order valence-electron chi connectivity index (χ3n) is 4.41. The lowest BCUT2D eigenvalue weighted by Gasteiger charge is -2.20. The van der Waals surface area contributed by atoms with E-state index in [1.807, 2.05) is 57.2 Å². The Kier molecular flexibility index (Phi) is 4.82. The summed E-state index contributed by atoms with van der Waals surface area (Å²) in [5.41, 5.74) is 3.40. The number of carbonyl (C=O) groups is 1. The molecule has 0 fully saturated rings. The molecule has 0 aliphatic heterocycles. The molecule has 25 heavy (non-hydrogen) atoms. The van der Waals surface area contributed by atoms with Crippen molar-refractivity contribution in [3.8, 4) is 5.75 Å². The molecule has 2 N–H and O–H groups in total. The van der Waals surface area contributed by atoms with Gasteiger partial charge in [0.05, 0.1) is 18.1 Å². The number of amides is 1. The highest BCUT2D eigenvalue weighted by Crippen LogP contribution is 2.39. The summed E-state index contributed by atoms with van der Waals surface area (Å²) >= 11 is 0. The van der Waals surface area contributed by atoms with Crippen molar-refractivity contribution >= 4 is 11.6 Å². The monoisotopic (exact) mass is 339 g/mol. The second kappa shape index (κ2) is 6.89. The smallest absolute Gasteiger partial charge is 0.232 e. The molecule has 0 saturated carbocycles. The topological polar surface area (TPSA) is 58.6 Å². The number of rotatable bonds is 4.